The summed E-state index contributed by atoms with van der Waals surface area (Å²) in [4.78, 5) is 0. The number of hydrogen-bond acceptors (Lipinski definition) is 2. The lowest BCUT2D eigenvalue weighted by atomic mass is 10.2. The number of nitrogens with one attached hydrogen (secondary N) is 1. The molecule has 0 atom stereocenters. The van der Waals surface area contributed by atoms with Gasteiger partial charge in [-0.1, -0.05) is 0 Å². The minimum Gasteiger partial charge on any atom is -0.451 e. The molecule has 21 heavy (non-hydrogen) atoms. The summed E-state index contributed by atoms with van der Waals surface area (Å²) in [5.41, 5.74) is 0.590. The first-order valence-corrected chi connectivity index (χ1v) is 7.84. The maximum atomic E-state index is 14.0. The number of halogens is 3. The molecule has 110 valence electrons. The maximum Gasteiger partial charge on any atom is 0.198 e. The lowest BCUT2D eigenvalue weighted by molar-refractivity contribution is 0.406. The molecule has 0 radical (unpaired) electrons. The Balaban J connectivity index is 1.76. The van der Waals surface area contributed by atoms with Crippen LogP contribution in [0.3, 0.4) is 0 Å². The Morgan fingerprint density at radius 1 is 1.10 bits per heavy atom. The van der Waals surface area contributed by atoms with Crippen molar-refractivity contribution in [3.8, 4) is 11.5 Å². The zero-order chi connectivity index (χ0) is 14.8. The van der Waals surface area contributed by atoms with E-state index in [1.807, 2.05) is 12.1 Å². The summed E-state index contributed by atoms with van der Waals surface area (Å²) in [5, 5.41) is 3.23. The van der Waals surface area contributed by atoms with Crippen molar-refractivity contribution in [1.29, 1.82) is 0 Å². The average Bonchev–Trinajstić information content (AvgIpc) is 3.27. The molecule has 1 N–H and O–H groups in total. The first-order chi connectivity index (χ1) is 10.1. The molecule has 1 fully saturated rings. The molecular weight excluding hydrogens is 387 g/mol. The van der Waals surface area contributed by atoms with E-state index in [0.717, 1.165) is 16.4 Å². The lowest BCUT2D eigenvalue weighted by Crippen LogP contribution is -2.15. The van der Waals surface area contributed by atoms with Gasteiger partial charge in [0.15, 0.2) is 17.4 Å². The van der Waals surface area contributed by atoms with Gasteiger partial charge >= 0.3 is 0 Å². The van der Waals surface area contributed by atoms with Crippen molar-refractivity contribution in [3.63, 3.8) is 0 Å². The minimum atomic E-state index is -0.679. The van der Waals surface area contributed by atoms with Crippen LogP contribution in [0.2, 0.25) is 0 Å². The summed E-state index contributed by atoms with van der Waals surface area (Å²) in [7, 11) is 0. The van der Waals surface area contributed by atoms with Crippen molar-refractivity contribution < 1.29 is 13.5 Å². The van der Waals surface area contributed by atoms with Gasteiger partial charge in [0.2, 0.25) is 0 Å². The highest BCUT2D eigenvalue weighted by atomic mass is 127. The number of hydrogen-bond donors (Lipinski definition) is 1. The first-order valence-electron chi connectivity index (χ1n) is 6.76. The summed E-state index contributed by atoms with van der Waals surface area (Å²) in [5.74, 6) is -1.30. The van der Waals surface area contributed by atoms with Crippen LogP contribution in [-0.2, 0) is 6.54 Å². The van der Waals surface area contributed by atoms with Crippen molar-refractivity contribution in [1.82, 2.24) is 5.32 Å². The van der Waals surface area contributed by atoms with Gasteiger partial charge in [0.25, 0.3) is 0 Å². The standard InChI is InChI=1S/C16H14F2INO/c17-14-7-10(9-20-12-3-4-12)8-15(18)16(14)21-13-5-1-11(19)2-6-13/h1-2,5-8,12,20H,3-4,9H2. The number of rotatable bonds is 5. The van der Waals surface area contributed by atoms with E-state index >= 15 is 0 Å². The molecule has 1 aliphatic carbocycles. The highest BCUT2D eigenvalue weighted by Crippen LogP contribution is 2.29. The second-order valence-corrected chi connectivity index (χ2v) is 6.35. The SMILES string of the molecule is Fc1cc(CNC2CC2)cc(F)c1Oc1ccc(I)cc1. The third kappa shape index (κ3) is 3.91. The average molecular weight is 401 g/mol. The van der Waals surface area contributed by atoms with E-state index in [4.69, 9.17) is 4.74 Å². The van der Waals surface area contributed by atoms with Gasteiger partial charge in [-0.15, -0.1) is 0 Å². The van der Waals surface area contributed by atoms with Crippen LogP contribution < -0.4 is 10.1 Å². The molecule has 1 saturated carbocycles. The topological polar surface area (TPSA) is 21.3 Å². The van der Waals surface area contributed by atoms with Crippen LogP contribution in [0.25, 0.3) is 0 Å². The van der Waals surface area contributed by atoms with Crippen LogP contribution in [-0.4, -0.2) is 6.04 Å². The van der Waals surface area contributed by atoms with E-state index in [0.29, 0.717) is 23.9 Å². The Kier molecular flexibility index (Phi) is 4.40. The van der Waals surface area contributed by atoms with E-state index in [1.165, 1.54) is 12.1 Å². The fourth-order valence-electron chi connectivity index (χ4n) is 1.98. The van der Waals surface area contributed by atoms with Crippen molar-refractivity contribution in [2.45, 2.75) is 25.4 Å². The molecule has 0 amide bonds. The Hall–Kier alpha value is -1.21. The van der Waals surface area contributed by atoms with Crippen LogP contribution in [0.15, 0.2) is 36.4 Å². The highest BCUT2D eigenvalue weighted by molar-refractivity contribution is 14.1. The first kappa shape index (κ1) is 14.7. The minimum absolute atomic E-state index is 0.355. The highest BCUT2D eigenvalue weighted by Gasteiger charge is 2.21. The van der Waals surface area contributed by atoms with Crippen LogP contribution in [0.5, 0.6) is 11.5 Å². The summed E-state index contributed by atoms with van der Waals surface area (Å²) in [6, 6.07) is 10.1. The van der Waals surface area contributed by atoms with Crippen LogP contribution in [0, 0.1) is 15.2 Å². The fraction of sp³-hybridized carbons (Fsp3) is 0.250. The van der Waals surface area contributed by atoms with Crippen molar-refractivity contribution >= 4 is 22.6 Å². The third-order valence-electron chi connectivity index (χ3n) is 3.26. The quantitative estimate of drug-likeness (QED) is 0.739. The molecule has 0 spiro atoms. The predicted octanol–water partition coefficient (Wildman–Crippen LogP) is 4.61. The predicted molar refractivity (Wildman–Crippen MR) is 85.5 cm³/mol. The van der Waals surface area contributed by atoms with Crippen molar-refractivity contribution in [2.75, 3.05) is 0 Å². The van der Waals surface area contributed by atoms with E-state index in [9.17, 15) is 8.78 Å². The van der Waals surface area contributed by atoms with Gasteiger partial charge in [0.05, 0.1) is 0 Å². The third-order valence-corrected chi connectivity index (χ3v) is 3.98. The summed E-state index contributed by atoms with van der Waals surface area (Å²) < 4.78 is 34.4. The smallest absolute Gasteiger partial charge is 0.198 e. The van der Waals surface area contributed by atoms with Gasteiger partial charge in [0.1, 0.15) is 5.75 Å². The largest absolute Gasteiger partial charge is 0.451 e. The van der Waals surface area contributed by atoms with Crippen LogP contribution in [0.4, 0.5) is 8.78 Å². The van der Waals surface area contributed by atoms with Crippen LogP contribution in [0.1, 0.15) is 18.4 Å². The molecule has 0 aromatic heterocycles. The Labute approximate surface area is 135 Å². The van der Waals surface area contributed by atoms with E-state index in [-0.39, 0.29) is 5.75 Å². The van der Waals surface area contributed by atoms with Crippen molar-refractivity contribution in [3.05, 3.63) is 57.2 Å². The van der Waals surface area contributed by atoms with E-state index in [1.54, 1.807) is 12.1 Å². The molecule has 1 aliphatic rings. The molecule has 3 rings (SSSR count). The Morgan fingerprint density at radius 2 is 1.71 bits per heavy atom. The molecule has 2 nitrogen and oxygen atoms in total. The normalized spacial score (nSPS) is 14.2. The molecular formula is C16H14F2INO. The molecule has 5 heteroatoms. The van der Waals surface area contributed by atoms with Gasteiger partial charge in [-0.3, -0.25) is 0 Å². The van der Waals surface area contributed by atoms with Gasteiger partial charge in [0, 0.05) is 16.2 Å². The second kappa shape index (κ2) is 6.27. The van der Waals surface area contributed by atoms with Gasteiger partial charge in [-0.2, -0.15) is 0 Å². The molecule has 2 aromatic carbocycles. The fourth-order valence-corrected chi connectivity index (χ4v) is 2.34. The molecule has 0 saturated heterocycles. The second-order valence-electron chi connectivity index (χ2n) is 5.10. The zero-order valence-corrected chi connectivity index (χ0v) is 13.4. The molecule has 2 aromatic rings. The van der Waals surface area contributed by atoms with Gasteiger partial charge in [-0.05, 0) is 77.4 Å². The maximum absolute atomic E-state index is 14.0. The molecule has 0 heterocycles. The van der Waals surface area contributed by atoms with Gasteiger partial charge < -0.3 is 10.1 Å². The van der Waals surface area contributed by atoms with Crippen LogP contribution >= 0.6 is 22.6 Å². The summed E-state index contributed by atoms with van der Waals surface area (Å²) in [6.45, 7) is 0.475. The van der Waals surface area contributed by atoms with E-state index in [2.05, 4.69) is 27.9 Å². The molecule has 0 bridgehead atoms. The van der Waals surface area contributed by atoms with E-state index < -0.39 is 11.6 Å². The summed E-state index contributed by atoms with van der Waals surface area (Å²) >= 11 is 2.15. The Morgan fingerprint density at radius 3 is 2.29 bits per heavy atom. The molecule has 0 aliphatic heterocycles. The van der Waals surface area contributed by atoms with Gasteiger partial charge in [-0.25, -0.2) is 8.78 Å². The monoisotopic (exact) mass is 401 g/mol. The Bertz CT molecular complexity index is 618. The van der Waals surface area contributed by atoms with Crippen molar-refractivity contribution in [2.24, 2.45) is 0 Å². The summed E-state index contributed by atoms with van der Waals surface area (Å²) in [6.07, 6.45) is 2.28. The zero-order valence-electron chi connectivity index (χ0n) is 11.2. The number of ether oxygens (including phenoxy) is 1. The molecule has 0 unspecified atom stereocenters. The lowest BCUT2D eigenvalue weighted by Gasteiger charge is -2.10. The number of benzene rings is 2.